The monoisotopic (exact) mass is 364 g/mol. The molecule has 0 spiro atoms. The summed E-state index contributed by atoms with van der Waals surface area (Å²) in [6, 6.07) is 15.9. The molecule has 3 rings (SSSR count). The van der Waals surface area contributed by atoms with Gasteiger partial charge in [0.25, 0.3) is 5.91 Å². The van der Waals surface area contributed by atoms with Crippen molar-refractivity contribution in [2.45, 2.75) is 0 Å². The summed E-state index contributed by atoms with van der Waals surface area (Å²) < 4.78 is 5.29. The van der Waals surface area contributed by atoms with Crippen LogP contribution in [0.25, 0.3) is 0 Å². The first-order valence-electron chi connectivity index (χ1n) is 8.67. The Labute approximate surface area is 157 Å². The number of hydrogen-bond acceptors (Lipinski definition) is 5. The second kappa shape index (κ2) is 8.83. The molecule has 1 saturated heterocycles. The third-order valence-electron chi connectivity index (χ3n) is 4.17. The first kappa shape index (κ1) is 18.4. The summed E-state index contributed by atoms with van der Waals surface area (Å²) in [5, 5.41) is 14.7. The second-order valence-corrected chi connectivity index (χ2v) is 6.04. The number of para-hydroxylation sites is 1. The second-order valence-electron chi connectivity index (χ2n) is 6.04. The number of amides is 2. The van der Waals surface area contributed by atoms with Gasteiger partial charge in [-0.25, -0.2) is 0 Å². The molecule has 1 aliphatic heterocycles. The molecule has 0 radical (unpaired) electrons. The Hall–Kier alpha value is -3.37. The quantitative estimate of drug-likeness (QED) is 0.847. The maximum Gasteiger partial charge on any atom is 0.256 e. The van der Waals surface area contributed by atoms with E-state index in [9.17, 15) is 9.59 Å². The zero-order valence-electron chi connectivity index (χ0n) is 14.8. The predicted molar refractivity (Wildman–Crippen MR) is 101 cm³/mol. The lowest BCUT2D eigenvalue weighted by atomic mass is 10.1. The summed E-state index contributed by atoms with van der Waals surface area (Å²) in [6.07, 6.45) is 0. The molecule has 0 atom stereocenters. The van der Waals surface area contributed by atoms with E-state index in [1.807, 2.05) is 12.1 Å². The molecule has 0 saturated carbocycles. The summed E-state index contributed by atoms with van der Waals surface area (Å²) in [6.45, 7) is 2.19. The fraction of sp³-hybridized carbons (Fsp3) is 0.250. The highest BCUT2D eigenvalue weighted by Gasteiger charge is 2.20. The Morgan fingerprint density at radius 2 is 1.89 bits per heavy atom. The number of nitriles is 1. The normalized spacial score (nSPS) is 13.5. The molecule has 27 heavy (non-hydrogen) atoms. The Kier molecular flexibility index (Phi) is 6.02. The van der Waals surface area contributed by atoms with E-state index >= 15 is 0 Å². The first-order valence-corrected chi connectivity index (χ1v) is 8.67. The minimum atomic E-state index is -0.265. The highest BCUT2D eigenvalue weighted by atomic mass is 16.5. The SMILES string of the molecule is N#Cc1cccc(NC(=O)CNc2ccccc2C(=O)N2CCOCC2)c1. The van der Waals surface area contributed by atoms with E-state index in [0.717, 1.165) is 0 Å². The number of ether oxygens (including phenoxy) is 1. The number of carbonyl (C=O) groups excluding carboxylic acids is 2. The van der Waals surface area contributed by atoms with Gasteiger partial charge in [0.05, 0.1) is 37.0 Å². The molecule has 0 aliphatic carbocycles. The largest absolute Gasteiger partial charge is 0.378 e. The first-order chi connectivity index (χ1) is 13.2. The summed E-state index contributed by atoms with van der Waals surface area (Å²) in [4.78, 5) is 26.7. The van der Waals surface area contributed by atoms with Crippen molar-refractivity contribution in [1.29, 1.82) is 5.26 Å². The van der Waals surface area contributed by atoms with Gasteiger partial charge in [0.2, 0.25) is 5.91 Å². The van der Waals surface area contributed by atoms with Gasteiger partial charge in [-0.15, -0.1) is 0 Å². The van der Waals surface area contributed by atoms with E-state index in [1.54, 1.807) is 47.4 Å². The summed E-state index contributed by atoms with van der Waals surface area (Å²) in [7, 11) is 0. The van der Waals surface area contributed by atoms with E-state index in [1.165, 1.54) is 0 Å². The van der Waals surface area contributed by atoms with E-state index in [4.69, 9.17) is 10.00 Å². The van der Waals surface area contributed by atoms with Crippen LogP contribution in [0.2, 0.25) is 0 Å². The van der Waals surface area contributed by atoms with E-state index in [0.29, 0.717) is 48.8 Å². The molecule has 1 fully saturated rings. The topological polar surface area (TPSA) is 94.5 Å². The number of nitrogens with one attached hydrogen (secondary N) is 2. The third kappa shape index (κ3) is 4.84. The lowest BCUT2D eigenvalue weighted by Crippen LogP contribution is -2.41. The predicted octanol–water partition coefficient (Wildman–Crippen LogP) is 2.08. The number of nitrogens with zero attached hydrogens (tertiary/aromatic N) is 2. The van der Waals surface area contributed by atoms with Gasteiger partial charge in [-0.3, -0.25) is 9.59 Å². The van der Waals surface area contributed by atoms with Gasteiger partial charge in [0, 0.05) is 24.5 Å². The number of benzene rings is 2. The lowest BCUT2D eigenvalue weighted by Gasteiger charge is -2.27. The zero-order valence-corrected chi connectivity index (χ0v) is 14.8. The van der Waals surface area contributed by atoms with Crippen LogP contribution in [-0.2, 0) is 9.53 Å². The molecule has 2 aromatic rings. The summed E-state index contributed by atoms with van der Waals surface area (Å²) >= 11 is 0. The number of anilines is 2. The Bertz CT molecular complexity index is 870. The van der Waals surface area contributed by atoms with Gasteiger partial charge in [-0.05, 0) is 30.3 Å². The van der Waals surface area contributed by atoms with Crippen molar-refractivity contribution >= 4 is 23.2 Å². The van der Waals surface area contributed by atoms with Crippen LogP contribution >= 0.6 is 0 Å². The van der Waals surface area contributed by atoms with Crippen molar-refractivity contribution in [1.82, 2.24) is 4.90 Å². The van der Waals surface area contributed by atoms with Crippen LogP contribution in [0.15, 0.2) is 48.5 Å². The van der Waals surface area contributed by atoms with Gasteiger partial charge in [0.1, 0.15) is 0 Å². The van der Waals surface area contributed by atoms with Crippen molar-refractivity contribution in [3.05, 3.63) is 59.7 Å². The van der Waals surface area contributed by atoms with E-state index in [-0.39, 0.29) is 18.4 Å². The van der Waals surface area contributed by atoms with Crippen molar-refractivity contribution in [2.24, 2.45) is 0 Å². The molecule has 7 heteroatoms. The van der Waals surface area contributed by atoms with Crippen LogP contribution in [-0.4, -0.2) is 49.6 Å². The summed E-state index contributed by atoms with van der Waals surface area (Å²) in [5.41, 5.74) is 2.16. The van der Waals surface area contributed by atoms with Crippen LogP contribution in [0.4, 0.5) is 11.4 Å². The van der Waals surface area contributed by atoms with Gasteiger partial charge in [0.15, 0.2) is 0 Å². The molecule has 0 unspecified atom stereocenters. The average Bonchev–Trinajstić information content (AvgIpc) is 2.72. The Balaban J connectivity index is 1.63. The van der Waals surface area contributed by atoms with Crippen molar-refractivity contribution in [2.75, 3.05) is 43.5 Å². The average molecular weight is 364 g/mol. The maximum absolute atomic E-state index is 12.7. The Morgan fingerprint density at radius 3 is 2.67 bits per heavy atom. The molecule has 1 aliphatic rings. The van der Waals surface area contributed by atoms with Gasteiger partial charge >= 0.3 is 0 Å². The van der Waals surface area contributed by atoms with Crippen LogP contribution < -0.4 is 10.6 Å². The number of rotatable bonds is 5. The molecule has 7 nitrogen and oxygen atoms in total. The number of carbonyl (C=O) groups is 2. The van der Waals surface area contributed by atoms with Crippen LogP contribution in [0.1, 0.15) is 15.9 Å². The van der Waals surface area contributed by atoms with E-state index < -0.39 is 0 Å². The molecule has 2 N–H and O–H groups in total. The highest BCUT2D eigenvalue weighted by molar-refractivity contribution is 6.01. The molecule has 1 heterocycles. The van der Waals surface area contributed by atoms with Crippen LogP contribution in [0, 0.1) is 11.3 Å². The fourth-order valence-corrected chi connectivity index (χ4v) is 2.81. The summed E-state index contributed by atoms with van der Waals surface area (Å²) in [5.74, 6) is -0.345. The minimum absolute atomic E-state index is 0.00415. The van der Waals surface area contributed by atoms with Crippen molar-refractivity contribution < 1.29 is 14.3 Å². The third-order valence-corrected chi connectivity index (χ3v) is 4.17. The molecular weight excluding hydrogens is 344 g/mol. The lowest BCUT2D eigenvalue weighted by molar-refractivity contribution is -0.114. The molecular formula is C20H20N4O3. The fourth-order valence-electron chi connectivity index (χ4n) is 2.81. The van der Waals surface area contributed by atoms with Crippen molar-refractivity contribution in [3.8, 4) is 6.07 Å². The minimum Gasteiger partial charge on any atom is -0.378 e. The van der Waals surface area contributed by atoms with Crippen LogP contribution in [0.3, 0.4) is 0 Å². The molecule has 0 bridgehead atoms. The molecule has 2 amide bonds. The Morgan fingerprint density at radius 1 is 1.11 bits per heavy atom. The smallest absolute Gasteiger partial charge is 0.256 e. The van der Waals surface area contributed by atoms with Crippen molar-refractivity contribution in [3.63, 3.8) is 0 Å². The molecule has 138 valence electrons. The highest BCUT2D eigenvalue weighted by Crippen LogP contribution is 2.18. The zero-order chi connectivity index (χ0) is 19.1. The number of morpholine rings is 1. The van der Waals surface area contributed by atoms with E-state index in [2.05, 4.69) is 10.6 Å². The standard InChI is InChI=1S/C20H20N4O3/c21-13-15-4-3-5-16(12-15)23-19(25)14-22-18-7-2-1-6-17(18)20(26)24-8-10-27-11-9-24/h1-7,12,22H,8-11,14H2,(H,23,25). The van der Waals surface area contributed by atoms with Gasteiger partial charge < -0.3 is 20.3 Å². The number of hydrogen-bond donors (Lipinski definition) is 2. The van der Waals surface area contributed by atoms with Gasteiger partial charge in [-0.1, -0.05) is 18.2 Å². The maximum atomic E-state index is 12.7. The molecule has 2 aromatic carbocycles. The molecule has 0 aromatic heterocycles. The van der Waals surface area contributed by atoms with Gasteiger partial charge in [-0.2, -0.15) is 5.26 Å². The van der Waals surface area contributed by atoms with Crippen LogP contribution in [0.5, 0.6) is 0 Å².